The lowest BCUT2D eigenvalue weighted by Gasteiger charge is -2.40. The molecule has 1 aliphatic rings. The number of esters is 4. The van der Waals surface area contributed by atoms with Crippen LogP contribution >= 0.6 is 0 Å². The molecule has 3 rings (SSSR count). The van der Waals surface area contributed by atoms with Gasteiger partial charge in [-0.05, 0) is 34.4 Å². The van der Waals surface area contributed by atoms with Crippen LogP contribution < -0.4 is 0 Å². The first kappa shape index (κ1) is 24.4. The molecule has 0 atom stereocenters. The molecule has 0 bridgehead atoms. The largest absolute Gasteiger partial charge is 0.468 e. The van der Waals surface area contributed by atoms with Crippen LogP contribution in [0.15, 0.2) is 72.8 Å². The molecule has 0 radical (unpaired) electrons. The molecule has 8 nitrogen and oxygen atoms in total. The van der Waals surface area contributed by atoms with Gasteiger partial charge >= 0.3 is 23.9 Å². The van der Waals surface area contributed by atoms with Crippen LogP contribution in [-0.4, -0.2) is 52.3 Å². The summed E-state index contributed by atoms with van der Waals surface area (Å²) in [5, 5.41) is 0. The van der Waals surface area contributed by atoms with Crippen molar-refractivity contribution >= 4 is 29.5 Å². The van der Waals surface area contributed by atoms with Crippen molar-refractivity contribution < 1.29 is 38.1 Å². The molecule has 0 saturated heterocycles. The van der Waals surface area contributed by atoms with Gasteiger partial charge in [0, 0.05) is 0 Å². The van der Waals surface area contributed by atoms with Crippen molar-refractivity contribution in [2.24, 2.45) is 10.8 Å². The van der Waals surface area contributed by atoms with Crippen molar-refractivity contribution in [3.05, 3.63) is 78.4 Å². The third-order valence-electron chi connectivity index (χ3n) is 5.84. The molecule has 8 heteroatoms. The summed E-state index contributed by atoms with van der Waals surface area (Å²) in [5.74, 6) is -4.73. The van der Waals surface area contributed by atoms with Crippen LogP contribution in [0.5, 0.6) is 0 Å². The fraction of sp³-hybridized carbons (Fsp3) is 0.231. The van der Waals surface area contributed by atoms with Crippen LogP contribution in [0.2, 0.25) is 0 Å². The average Bonchev–Trinajstić information content (AvgIpc) is 2.91. The summed E-state index contributed by atoms with van der Waals surface area (Å²) in [5.41, 5.74) is -2.20. The molecule has 0 heterocycles. The normalized spacial score (nSPS) is 15.5. The van der Waals surface area contributed by atoms with Crippen molar-refractivity contribution in [2.45, 2.75) is 0 Å². The summed E-state index contributed by atoms with van der Waals surface area (Å²) >= 11 is 0. The topological polar surface area (TPSA) is 105 Å². The predicted molar refractivity (Wildman–Crippen MR) is 122 cm³/mol. The highest BCUT2D eigenvalue weighted by Crippen LogP contribution is 2.51. The van der Waals surface area contributed by atoms with Crippen LogP contribution in [0, 0.1) is 10.8 Å². The molecule has 176 valence electrons. The van der Waals surface area contributed by atoms with Gasteiger partial charge in [0.25, 0.3) is 0 Å². The number of benzene rings is 2. The van der Waals surface area contributed by atoms with Crippen LogP contribution in [0.1, 0.15) is 5.56 Å². The van der Waals surface area contributed by atoms with Gasteiger partial charge in [0.1, 0.15) is 0 Å². The molecule has 34 heavy (non-hydrogen) atoms. The average molecular weight is 464 g/mol. The number of hydrogen-bond donors (Lipinski definition) is 0. The van der Waals surface area contributed by atoms with Crippen molar-refractivity contribution in [1.82, 2.24) is 0 Å². The van der Waals surface area contributed by atoms with E-state index in [0.29, 0.717) is 11.1 Å². The van der Waals surface area contributed by atoms with Gasteiger partial charge in [0.05, 0.1) is 28.4 Å². The number of hydrogen-bond acceptors (Lipinski definition) is 8. The first-order chi connectivity index (χ1) is 16.3. The highest BCUT2D eigenvalue weighted by Gasteiger charge is 2.72. The minimum atomic E-state index is -2.54. The van der Waals surface area contributed by atoms with Crippen molar-refractivity contribution in [3.63, 3.8) is 0 Å². The van der Waals surface area contributed by atoms with E-state index in [9.17, 15) is 19.2 Å². The van der Waals surface area contributed by atoms with Gasteiger partial charge in [-0.25, -0.2) is 0 Å². The van der Waals surface area contributed by atoms with Crippen LogP contribution in [0.25, 0.3) is 16.7 Å². The lowest BCUT2D eigenvalue weighted by molar-refractivity contribution is -0.190. The highest BCUT2D eigenvalue weighted by molar-refractivity contribution is 6.19. The van der Waals surface area contributed by atoms with Crippen molar-refractivity contribution in [3.8, 4) is 11.1 Å². The number of ether oxygens (including phenoxy) is 4. The second-order valence-electron chi connectivity index (χ2n) is 7.46. The van der Waals surface area contributed by atoms with E-state index in [1.165, 1.54) is 12.2 Å². The molecule has 2 aromatic carbocycles. The molecule has 0 N–H and O–H groups in total. The number of allylic oxidation sites excluding steroid dienone is 2. The zero-order valence-electron chi connectivity index (χ0n) is 19.2. The van der Waals surface area contributed by atoms with Crippen LogP contribution in [0.4, 0.5) is 0 Å². The zero-order valence-corrected chi connectivity index (χ0v) is 19.2. The summed E-state index contributed by atoms with van der Waals surface area (Å²) in [6.45, 7) is 0. The van der Waals surface area contributed by atoms with E-state index >= 15 is 0 Å². The Balaban J connectivity index is 2.31. The Morgan fingerprint density at radius 3 is 1.59 bits per heavy atom. The molecule has 0 amide bonds. The SMILES string of the molecule is COC(=O)C1(C(=O)OC)C=CC(c2cccc(-c3ccccc3)c2)=CC1(C(=O)OC)C(=O)OC. The van der Waals surface area contributed by atoms with Crippen molar-refractivity contribution in [1.29, 1.82) is 0 Å². The molecule has 0 aromatic heterocycles. The van der Waals surface area contributed by atoms with E-state index in [2.05, 4.69) is 0 Å². The molecular weight excluding hydrogens is 440 g/mol. The first-order valence-corrected chi connectivity index (χ1v) is 10.2. The van der Waals surface area contributed by atoms with E-state index in [-0.39, 0.29) is 0 Å². The molecule has 2 aromatic rings. The van der Waals surface area contributed by atoms with Crippen LogP contribution in [0.3, 0.4) is 0 Å². The van der Waals surface area contributed by atoms with E-state index < -0.39 is 34.7 Å². The number of methoxy groups -OCH3 is 4. The Bertz CT molecular complexity index is 1140. The van der Waals surface area contributed by atoms with Gasteiger partial charge in [0.15, 0.2) is 0 Å². The lowest BCUT2D eigenvalue weighted by atomic mass is 9.59. The Labute approximate surface area is 196 Å². The molecule has 0 fully saturated rings. The lowest BCUT2D eigenvalue weighted by Crippen LogP contribution is -2.61. The molecular formula is C26H24O8. The quantitative estimate of drug-likeness (QED) is 0.365. The minimum absolute atomic E-state index is 0.386. The van der Waals surface area contributed by atoms with Gasteiger partial charge in [-0.1, -0.05) is 60.7 Å². The summed E-state index contributed by atoms with van der Waals surface area (Å²) in [6.07, 6.45) is 3.79. The Morgan fingerprint density at radius 1 is 0.588 bits per heavy atom. The minimum Gasteiger partial charge on any atom is -0.468 e. The standard InChI is InChI=1S/C26H24O8/c1-31-21(27)25(22(28)32-2)14-13-20(16-26(25,23(29)33-3)24(30)34-4)19-12-8-11-18(15-19)17-9-6-5-7-10-17/h5-16H,1-4H3. The first-order valence-electron chi connectivity index (χ1n) is 10.2. The van der Waals surface area contributed by atoms with Gasteiger partial charge in [-0.2, -0.15) is 0 Å². The monoisotopic (exact) mass is 464 g/mol. The number of rotatable bonds is 6. The summed E-state index contributed by atoms with van der Waals surface area (Å²) in [4.78, 5) is 52.4. The predicted octanol–water partition coefficient (Wildman–Crippen LogP) is 2.97. The van der Waals surface area contributed by atoms with Gasteiger partial charge < -0.3 is 18.9 Å². The van der Waals surface area contributed by atoms with E-state index in [4.69, 9.17) is 18.9 Å². The zero-order chi connectivity index (χ0) is 24.9. The van der Waals surface area contributed by atoms with E-state index in [1.807, 2.05) is 48.5 Å². The van der Waals surface area contributed by atoms with Crippen LogP contribution in [-0.2, 0) is 38.1 Å². The van der Waals surface area contributed by atoms with Crippen molar-refractivity contribution in [2.75, 3.05) is 28.4 Å². The molecule has 0 spiro atoms. The fourth-order valence-corrected chi connectivity index (χ4v) is 4.14. The maximum Gasteiger partial charge on any atom is 0.329 e. The number of carbonyl (C=O) groups excluding carboxylic acids is 4. The number of carbonyl (C=O) groups is 4. The van der Waals surface area contributed by atoms with E-state index in [0.717, 1.165) is 45.6 Å². The van der Waals surface area contributed by atoms with Gasteiger partial charge in [-0.15, -0.1) is 0 Å². The fourth-order valence-electron chi connectivity index (χ4n) is 4.14. The third kappa shape index (κ3) is 3.67. The summed E-state index contributed by atoms with van der Waals surface area (Å²) in [6, 6.07) is 16.9. The molecule has 0 unspecified atom stereocenters. The Morgan fingerprint density at radius 2 is 1.06 bits per heavy atom. The molecule has 1 aliphatic carbocycles. The summed E-state index contributed by atoms with van der Waals surface area (Å²) in [7, 11) is 4.13. The second kappa shape index (κ2) is 9.74. The Hall–Kier alpha value is -4.20. The third-order valence-corrected chi connectivity index (χ3v) is 5.84. The van der Waals surface area contributed by atoms with E-state index in [1.54, 1.807) is 6.07 Å². The smallest absolute Gasteiger partial charge is 0.329 e. The Kier molecular flexibility index (Phi) is 7.00. The molecule has 0 aliphatic heterocycles. The highest BCUT2D eigenvalue weighted by atomic mass is 16.6. The molecule has 0 saturated carbocycles. The van der Waals surface area contributed by atoms with Gasteiger partial charge in [-0.3, -0.25) is 19.2 Å². The maximum absolute atomic E-state index is 13.2. The summed E-state index contributed by atoms with van der Waals surface area (Å²) < 4.78 is 19.5. The maximum atomic E-state index is 13.2. The second-order valence-corrected chi connectivity index (χ2v) is 7.46. The van der Waals surface area contributed by atoms with Gasteiger partial charge in [0.2, 0.25) is 10.8 Å².